The van der Waals surface area contributed by atoms with Gasteiger partial charge in [0.1, 0.15) is 5.82 Å². The lowest BCUT2D eigenvalue weighted by molar-refractivity contribution is -0.136. The number of hydrogen-bond donors (Lipinski definition) is 2. The van der Waals surface area contributed by atoms with Crippen LogP contribution in [0.3, 0.4) is 0 Å². The molecule has 0 saturated heterocycles. The van der Waals surface area contributed by atoms with Crippen molar-refractivity contribution in [3.8, 4) is 0 Å². The van der Waals surface area contributed by atoms with Crippen molar-refractivity contribution < 1.29 is 22.7 Å². The second-order valence-corrected chi connectivity index (χ2v) is 5.70. The number of aliphatic carboxylic acids is 1. The van der Waals surface area contributed by atoms with E-state index in [0.29, 0.717) is 5.56 Å². The Bertz CT molecular complexity index is 542. The lowest BCUT2D eigenvalue weighted by Gasteiger charge is -2.07. The first-order valence-electron chi connectivity index (χ1n) is 5.24. The number of aryl methyl sites for hydroxylation is 1. The van der Waals surface area contributed by atoms with Crippen LogP contribution in [0, 0.1) is 12.7 Å². The van der Waals surface area contributed by atoms with Gasteiger partial charge in [0, 0.05) is 12.1 Å². The molecule has 0 aliphatic carbocycles. The smallest absolute Gasteiger partial charge is 0.304 e. The molecule has 0 radical (unpaired) electrons. The Morgan fingerprint density at radius 2 is 2.11 bits per heavy atom. The molecule has 0 fully saturated rings. The Hall–Kier alpha value is -1.47. The van der Waals surface area contributed by atoms with E-state index in [1.807, 2.05) is 0 Å². The predicted octanol–water partition coefficient (Wildman–Crippen LogP) is 1.03. The lowest BCUT2D eigenvalue weighted by Crippen LogP contribution is -2.27. The Morgan fingerprint density at radius 3 is 2.67 bits per heavy atom. The molecule has 7 heteroatoms. The summed E-state index contributed by atoms with van der Waals surface area (Å²) in [4.78, 5) is 10.2. The summed E-state index contributed by atoms with van der Waals surface area (Å²) in [6.07, 6.45) is -0.310. The van der Waals surface area contributed by atoms with Crippen LogP contribution in [0.5, 0.6) is 0 Å². The fraction of sp³-hybridized carbons (Fsp3) is 0.364. The SMILES string of the molecule is Cc1ccc(CS(=O)(=O)NCCC(=O)O)c(F)c1. The molecule has 1 aromatic rings. The maximum atomic E-state index is 13.4. The molecule has 1 aromatic carbocycles. The van der Waals surface area contributed by atoms with E-state index in [1.54, 1.807) is 13.0 Å². The Morgan fingerprint density at radius 1 is 1.44 bits per heavy atom. The van der Waals surface area contributed by atoms with Crippen LogP contribution in [0.2, 0.25) is 0 Å². The molecule has 0 aliphatic heterocycles. The zero-order valence-corrected chi connectivity index (χ0v) is 10.6. The first kappa shape index (κ1) is 14.6. The van der Waals surface area contributed by atoms with Crippen molar-refractivity contribution in [1.82, 2.24) is 4.72 Å². The maximum Gasteiger partial charge on any atom is 0.304 e. The Kier molecular flexibility index (Phi) is 4.80. The van der Waals surface area contributed by atoms with Crippen molar-refractivity contribution in [3.63, 3.8) is 0 Å². The summed E-state index contributed by atoms with van der Waals surface area (Å²) in [5, 5.41) is 8.38. The van der Waals surface area contributed by atoms with Crippen molar-refractivity contribution in [2.45, 2.75) is 19.1 Å². The van der Waals surface area contributed by atoms with Crippen LogP contribution in [-0.4, -0.2) is 26.0 Å². The third kappa shape index (κ3) is 4.80. The number of rotatable bonds is 6. The van der Waals surface area contributed by atoms with Gasteiger partial charge in [0.2, 0.25) is 10.0 Å². The topological polar surface area (TPSA) is 83.5 Å². The highest BCUT2D eigenvalue weighted by Gasteiger charge is 2.14. The molecular formula is C11H14FNO4S. The summed E-state index contributed by atoms with van der Waals surface area (Å²) in [6.45, 7) is 1.50. The van der Waals surface area contributed by atoms with Crippen LogP contribution < -0.4 is 4.72 Å². The van der Waals surface area contributed by atoms with Gasteiger partial charge in [-0.05, 0) is 18.6 Å². The molecule has 0 unspecified atom stereocenters. The average Bonchev–Trinajstić information content (AvgIpc) is 2.21. The minimum absolute atomic E-state index is 0.0587. The maximum absolute atomic E-state index is 13.4. The Labute approximate surface area is 105 Å². The molecule has 5 nitrogen and oxygen atoms in total. The molecule has 0 saturated carbocycles. The number of benzene rings is 1. The second kappa shape index (κ2) is 5.92. The van der Waals surface area contributed by atoms with Crippen LogP contribution in [0.4, 0.5) is 4.39 Å². The fourth-order valence-corrected chi connectivity index (χ4v) is 2.50. The highest BCUT2D eigenvalue weighted by Crippen LogP contribution is 2.12. The molecule has 18 heavy (non-hydrogen) atoms. The van der Waals surface area contributed by atoms with E-state index < -0.39 is 27.6 Å². The second-order valence-electron chi connectivity index (χ2n) is 3.89. The Balaban J connectivity index is 2.67. The van der Waals surface area contributed by atoms with Gasteiger partial charge < -0.3 is 5.11 Å². The number of nitrogens with one attached hydrogen (secondary N) is 1. The van der Waals surface area contributed by atoms with Gasteiger partial charge in [-0.1, -0.05) is 12.1 Å². The third-order valence-electron chi connectivity index (χ3n) is 2.21. The number of carboxylic acids is 1. The number of hydrogen-bond acceptors (Lipinski definition) is 3. The van der Waals surface area contributed by atoms with Gasteiger partial charge >= 0.3 is 5.97 Å². The van der Waals surface area contributed by atoms with Gasteiger partial charge in [-0.2, -0.15) is 0 Å². The zero-order chi connectivity index (χ0) is 13.8. The number of halogens is 1. The van der Waals surface area contributed by atoms with Crippen LogP contribution in [0.25, 0.3) is 0 Å². The van der Waals surface area contributed by atoms with E-state index in [2.05, 4.69) is 4.72 Å². The van der Waals surface area contributed by atoms with E-state index in [4.69, 9.17) is 5.11 Å². The first-order chi connectivity index (χ1) is 8.30. The summed E-state index contributed by atoms with van der Waals surface area (Å²) in [5.74, 6) is -2.18. The molecule has 2 N–H and O–H groups in total. The monoisotopic (exact) mass is 275 g/mol. The summed E-state index contributed by atoms with van der Waals surface area (Å²) >= 11 is 0. The van der Waals surface area contributed by atoms with Crippen molar-refractivity contribution in [3.05, 3.63) is 35.1 Å². The molecular weight excluding hydrogens is 261 g/mol. The quantitative estimate of drug-likeness (QED) is 0.812. The molecule has 0 heterocycles. The van der Waals surface area contributed by atoms with Gasteiger partial charge in [-0.25, -0.2) is 17.5 Å². The van der Waals surface area contributed by atoms with Crippen LogP contribution >= 0.6 is 0 Å². The minimum Gasteiger partial charge on any atom is -0.481 e. The highest BCUT2D eigenvalue weighted by molar-refractivity contribution is 7.88. The molecule has 0 spiro atoms. The van der Waals surface area contributed by atoms with E-state index in [0.717, 1.165) is 0 Å². The van der Waals surface area contributed by atoms with Crippen LogP contribution in [0.15, 0.2) is 18.2 Å². The van der Waals surface area contributed by atoms with Crippen molar-refractivity contribution in [1.29, 1.82) is 0 Å². The predicted molar refractivity (Wildman–Crippen MR) is 64.0 cm³/mol. The molecule has 0 aliphatic rings. The average molecular weight is 275 g/mol. The summed E-state index contributed by atoms with van der Waals surface area (Å²) < 4.78 is 38.6. The molecule has 1 rings (SSSR count). The highest BCUT2D eigenvalue weighted by atomic mass is 32.2. The standard InChI is InChI=1S/C11H14FNO4S/c1-8-2-3-9(10(12)6-8)7-18(16,17)13-5-4-11(14)15/h2-3,6,13H,4-5,7H2,1H3,(H,14,15). The molecule has 0 aromatic heterocycles. The van der Waals surface area contributed by atoms with E-state index >= 15 is 0 Å². The van der Waals surface area contributed by atoms with E-state index in [9.17, 15) is 17.6 Å². The lowest BCUT2D eigenvalue weighted by atomic mass is 10.2. The van der Waals surface area contributed by atoms with E-state index in [1.165, 1.54) is 12.1 Å². The van der Waals surface area contributed by atoms with Gasteiger partial charge in [0.15, 0.2) is 0 Å². The van der Waals surface area contributed by atoms with Crippen LogP contribution in [0.1, 0.15) is 17.5 Å². The number of carboxylic acid groups (broad SMARTS) is 1. The van der Waals surface area contributed by atoms with Crippen molar-refractivity contribution >= 4 is 16.0 Å². The molecule has 0 bridgehead atoms. The summed E-state index contributed by atoms with van der Waals surface area (Å²) in [7, 11) is -3.72. The third-order valence-corrected chi connectivity index (χ3v) is 3.55. The van der Waals surface area contributed by atoms with E-state index in [-0.39, 0.29) is 18.5 Å². The summed E-state index contributed by atoms with van der Waals surface area (Å²) in [6, 6.07) is 4.27. The van der Waals surface area contributed by atoms with Crippen molar-refractivity contribution in [2.24, 2.45) is 0 Å². The van der Waals surface area contributed by atoms with Gasteiger partial charge in [0.25, 0.3) is 0 Å². The van der Waals surface area contributed by atoms with Crippen LogP contribution in [-0.2, 0) is 20.6 Å². The van der Waals surface area contributed by atoms with Gasteiger partial charge in [0.05, 0.1) is 12.2 Å². The first-order valence-corrected chi connectivity index (χ1v) is 6.89. The zero-order valence-electron chi connectivity index (χ0n) is 9.81. The number of sulfonamides is 1. The number of carbonyl (C=O) groups is 1. The molecule has 0 atom stereocenters. The summed E-state index contributed by atoms with van der Waals surface area (Å²) in [5.41, 5.74) is 0.760. The fourth-order valence-electron chi connectivity index (χ4n) is 1.34. The normalized spacial score (nSPS) is 11.4. The van der Waals surface area contributed by atoms with Gasteiger partial charge in [-0.3, -0.25) is 4.79 Å². The minimum atomic E-state index is -3.72. The molecule has 100 valence electrons. The molecule has 0 amide bonds. The largest absolute Gasteiger partial charge is 0.481 e. The van der Waals surface area contributed by atoms with Gasteiger partial charge in [-0.15, -0.1) is 0 Å². The van der Waals surface area contributed by atoms with Crippen molar-refractivity contribution in [2.75, 3.05) is 6.54 Å².